The Kier molecular flexibility index (Phi) is 3.39. The molecule has 0 radical (unpaired) electrons. The van der Waals surface area contributed by atoms with Crippen LogP contribution in [0.3, 0.4) is 0 Å². The molecule has 0 bridgehead atoms. The molecule has 0 unspecified atom stereocenters. The molecule has 0 saturated carbocycles. The van der Waals surface area contributed by atoms with Crippen LogP contribution in [0.25, 0.3) is 0 Å². The Labute approximate surface area is 94.2 Å². The lowest BCUT2D eigenvalue weighted by atomic mass is 10.1. The normalized spacial score (nSPS) is 11.5. The fourth-order valence-electron chi connectivity index (χ4n) is 1.00. The standard InChI is InChI=1S/C10H15ClN2O2/c1-7-5-8(12-15-7)9(14)13(4)10(2,3)6-11/h5H,6H2,1-4H3. The summed E-state index contributed by atoms with van der Waals surface area (Å²) < 4.78 is 4.85. The van der Waals surface area contributed by atoms with E-state index in [4.69, 9.17) is 16.1 Å². The van der Waals surface area contributed by atoms with Gasteiger partial charge >= 0.3 is 0 Å². The van der Waals surface area contributed by atoms with Gasteiger partial charge in [-0.1, -0.05) is 5.16 Å². The van der Waals surface area contributed by atoms with E-state index in [0.717, 1.165) is 0 Å². The molecule has 4 nitrogen and oxygen atoms in total. The van der Waals surface area contributed by atoms with Crippen molar-refractivity contribution >= 4 is 17.5 Å². The highest BCUT2D eigenvalue weighted by Crippen LogP contribution is 2.17. The van der Waals surface area contributed by atoms with Gasteiger partial charge in [-0.2, -0.15) is 0 Å². The van der Waals surface area contributed by atoms with Crippen LogP contribution in [0.15, 0.2) is 10.6 Å². The second kappa shape index (κ2) is 4.23. The van der Waals surface area contributed by atoms with Crippen molar-refractivity contribution in [3.05, 3.63) is 17.5 Å². The maximum Gasteiger partial charge on any atom is 0.276 e. The lowest BCUT2D eigenvalue weighted by Crippen LogP contribution is -2.46. The molecule has 0 atom stereocenters. The number of rotatable bonds is 3. The van der Waals surface area contributed by atoms with E-state index in [2.05, 4.69) is 5.16 Å². The van der Waals surface area contributed by atoms with Gasteiger partial charge in [0.2, 0.25) is 0 Å². The SMILES string of the molecule is Cc1cc(C(=O)N(C)C(C)(C)CCl)no1. The summed E-state index contributed by atoms with van der Waals surface area (Å²) in [4.78, 5) is 13.5. The fourth-order valence-corrected chi connectivity index (χ4v) is 1.18. The molecule has 15 heavy (non-hydrogen) atoms. The topological polar surface area (TPSA) is 46.3 Å². The second-order valence-electron chi connectivity index (χ2n) is 4.13. The number of nitrogens with zero attached hydrogens (tertiary/aromatic N) is 2. The third-order valence-corrected chi connectivity index (χ3v) is 3.04. The van der Waals surface area contributed by atoms with Crippen LogP contribution in [-0.4, -0.2) is 34.4 Å². The van der Waals surface area contributed by atoms with Crippen LogP contribution < -0.4 is 0 Å². The summed E-state index contributed by atoms with van der Waals surface area (Å²) in [6.07, 6.45) is 0. The van der Waals surface area contributed by atoms with Crippen LogP contribution in [0.2, 0.25) is 0 Å². The number of aryl methyl sites for hydroxylation is 1. The van der Waals surface area contributed by atoms with Crippen molar-refractivity contribution in [3.8, 4) is 0 Å². The summed E-state index contributed by atoms with van der Waals surface area (Å²) in [5, 5.41) is 3.68. The average molecular weight is 231 g/mol. The molecule has 0 aliphatic rings. The molecular weight excluding hydrogens is 216 g/mol. The molecule has 84 valence electrons. The van der Waals surface area contributed by atoms with Gasteiger partial charge in [0.15, 0.2) is 5.69 Å². The number of amides is 1. The third-order valence-electron chi connectivity index (χ3n) is 2.39. The molecule has 0 fully saturated rings. The number of alkyl halides is 1. The van der Waals surface area contributed by atoms with E-state index in [1.165, 1.54) is 0 Å². The van der Waals surface area contributed by atoms with Gasteiger partial charge in [-0.25, -0.2) is 0 Å². The lowest BCUT2D eigenvalue weighted by molar-refractivity contribution is 0.0649. The predicted molar refractivity (Wildman–Crippen MR) is 58.1 cm³/mol. The molecule has 0 aliphatic heterocycles. The van der Waals surface area contributed by atoms with Gasteiger partial charge in [-0.3, -0.25) is 4.79 Å². The zero-order chi connectivity index (χ0) is 11.6. The molecule has 1 rings (SSSR count). The summed E-state index contributed by atoms with van der Waals surface area (Å²) in [6, 6.07) is 1.61. The Bertz CT molecular complexity index is 360. The number of carbonyl (C=O) groups is 1. The molecule has 1 aromatic heterocycles. The van der Waals surface area contributed by atoms with Crippen LogP contribution in [0, 0.1) is 6.92 Å². The van der Waals surface area contributed by atoms with E-state index < -0.39 is 5.54 Å². The molecule has 1 heterocycles. The minimum absolute atomic E-state index is 0.183. The van der Waals surface area contributed by atoms with Crippen molar-refractivity contribution in [1.82, 2.24) is 10.1 Å². The van der Waals surface area contributed by atoms with Gasteiger partial charge < -0.3 is 9.42 Å². The van der Waals surface area contributed by atoms with Crippen LogP contribution in [0.4, 0.5) is 0 Å². The van der Waals surface area contributed by atoms with Gasteiger partial charge in [0, 0.05) is 19.0 Å². The highest BCUT2D eigenvalue weighted by atomic mass is 35.5. The van der Waals surface area contributed by atoms with E-state index in [1.807, 2.05) is 13.8 Å². The van der Waals surface area contributed by atoms with E-state index in [1.54, 1.807) is 24.9 Å². The Balaban J connectivity index is 2.86. The quantitative estimate of drug-likeness (QED) is 0.747. The monoisotopic (exact) mass is 230 g/mol. The average Bonchev–Trinajstić information content (AvgIpc) is 2.62. The van der Waals surface area contributed by atoms with Crippen molar-refractivity contribution in [2.45, 2.75) is 26.3 Å². The number of hydrogen-bond donors (Lipinski definition) is 0. The Morgan fingerprint density at radius 1 is 1.67 bits per heavy atom. The van der Waals surface area contributed by atoms with Crippen molar-refractivity contribution in [2.75, 3.05) is 12.9 Å². The molecule has 0 N–H and O–H groups in total. The van der Waals surface area contributed by atoms with Crippen LogP contribution in [-0.2, 0) is 0 Å². The van der Waals surface area contributed by atoms with Gasteiger partial charge in [0.1, 0.15) is 5.76 Å². The van der Waals surface area contributed by atoms with Crippen molar-refractivity contribution in [1.29, 1.82) is 0 Å². The first-order valence-corrected chi connectivity index (χ1v) is 5.19. The largest absolute Gasteiger partial charge is 0.361 e. The summed E-state index contributed by atoms with van der Waals surface area (Å²) in [7, 11) is 1.70. The number of hydrogen-bond acceptors (Lipinski definition) is 3. The fraction of sp³-hybridized carbons (Fsp3) is 0.600. The maximum atomic E-state index is 11.9. The van der Waals surface area contributed by atoms with E-state index in [-0.39, 0.29) is 5.91 Å². The zero-order valence-corrected chi connectivity index (χ0v) is 10.1. The van der Waals surface area contributed by atoms with Crippen molar-refractivity contribution in [3.63, 3.8) is 0 Å². The minimum Gasteiger partial charge on any atom is -0.361 e. The maximum absolute atomic E-state index is 11.9. The molecule has 5 heteroatoms. The molecule has 0 aromatic carbocycles. The zero-order valence-electron chi connectivity index (χ0n) is 9.37. The minimum atomic E-state index is -0.397. The highest BCUT2D eigenvalue weighted by molar-refractivity contribution is 6.18. The molecule has 1 aromatic rings. The van der Waals surface area contributed by atoms with E-state index in [9.17, 15) is 4.79 Å². The van der Waals surface area contributed by atoms with Gasteiger partial charge in [0.05, 0.1) is 5.54 Å². The van der Waals surface area contributed by atoms with Gasteiger partial charge in [0.25, 0.3) is 5.91 Å². The third kappa shape index (κ3) is 2.50. The Morgan fingerprint density at radius 3 is 2.67 bits per heavy atom. The Hall–Kier alpha value is -1.03. The van der Waals surface area contributed by atoms with Crippen molar-refractivity contribution in [2.24, 2.45) is 0 Å². The number of aromatic nitrogens is 1. The predicted octanol–water partition coefficient (Wildman–Crippen LogP) is 2.07. The highest BCUT2D eigenvalue weighted by Gasteiger charge is 2.28. The first kappa shape index (κ1) is 12.0. The van der Waals surface area contributed by atoms with Crippen LogP contribution >= 0.6 is 11.6 Å². The molecule has 1 amide bonds. The van der Waals surface area contributed by atoms with Crippen LogP contribution in [0.1, 0.15) is 30.1 Å². The summed E-state index contributed by atoms with van der Waals surface area (Å²) >= 11 is 5.79. The summed E-state index contributed by atoms with van der Waals surface area (Å²) in [5.74, 6) is 0.805. The van der Waals surface area contributed by atoms with Crippen molar-refractivity contribution < 1.29 is 9.32 Å². The lowest BCUT2D eigenvalue weighted by Gasteiger charge is -2.33. The smallest absolute Gasteiger partial charge is 0.276 e. The van der Waals surface area contributed by atoms with Gasteiger partial charge in [-0.05, 0) is 20.8 Å². The molecule has 0 saturated heterocycles. The van der Waals surface area contributed by atoms with E-state index in [0.29, 0.717) is 17.3 Å². The number of carbonyl (C=O) groups excluding carboxylic acids is 1. The molecular formula is C10H15ClN2O2. The second-order valence-corrected chi connectivity index (χ2v) is 4.40. The first-order valence-electron chi connectivity index (χ1n) is 4.66. The molecule has 0 spiro atoms. The van der Waals surface area contributed by atoms with Crippen LogP contribution in [0.5, 0.6) is 0 Å². The Morgan fingerprint density at radius 2 is 2.27 bits per heavy atom. The first-order chi connectivity index (χ1) is 6.88. The summed E-state index contributed by atoms with van der Waals surface area (Å²) in [6.45, 7) is 5.53. The van der Waals surface area contributed by atoms with E-state index >= 15 is 0 Å². The molecule has 0 aliphatic carbocycles. The van der Waals surface area contributed by atoms with Gasteiger partial charge in [-0.15, -0.1) is 11.6 Å². The summed E-state index contributed by atoms with van der Waals surface area (Å²) in [5.41, 5.74) is -0.0842. The number of halogens is 1.